The van der Waals surface area contributed by atoms with Crippen molar-refractivity contribution in [2.24, 2.45) is 0 Å². The normalized spacial score (nSPS) is 16.7. The summed E-state index contributed by atoms with van der Waals surface area (Å²) >= 11 is 0. The first-order valence-electron chi connectivity index (χ1n) is 6.01. The van der Waals surface area contributed by atoms with E-state index < -0.39 is 0 Å². The number of phenolic OH excluding ortho intramolecular Hbond substituents is 1. The van der Waals surface area contributed by atoms with E-state index in [-0.39, 0.29) is 0 Å². The summed E-state index contributed by atoms with van der Waals surface area (Å²) in [4.78, 5) is 0. The smallest absolute Gasteiger partial charge is 0.123 e. The maximum Gasteiger partial charge on any atom is 0.123 e. The molecule has 0 saturated heterocycles. The van der Waals surface area contributed by atoms with Gasteiger partial charge in [0.15, 0.2) is 0 Å². The van der Waals surface area contributed by atoms with Gasteiger partial charge in [-0.2, -0.15) is 0 Å². The Balaban J connectivity index is 2.25. The first kappa shape index (κ1) is 10.8. The third kappa shape index (κ3) is 1.84. The topological polar surface area (TPSA) is 20.2 Å². The van der Waals surface area contributed by atoms with Crippen LogP contribution >= 0.6 is 0 Å². The predicted molar refractivity (Wildman–Crippen MR) is 76.2 cm³/mol. The van der Waals surface area contributed by atoms with E-state index in [0.29, 0.717) is 5.75 Å². The zero-order valence-electron chi connectivity index (χ0n) is 10.1. The zero-order valence-corrected chi connectivity index (χ0v) is 10.1. The van der Waals surface area contributed by atoms with E-state index in [2.05, 4.69) is 24.8 Å². The number of hydrogen-bond acceptors (Lipinski definition) is 1. The lowest BCUT2D eigenvalue weighted by molar-refractivity contribution is 0.473. The number of phenols is 1. The van der Waals surface area contributed by atoms with Crippen molar-refractivity contribution >= 4 is 12.2 Å². The van der Waals surface area contributed by atoms with Crippen LogP contribution in [0, 0.1) is 0 Å². The molecule has 1 N–H and O–H groups in total. The molecule has 1 nitrogen and oxygen atoms in total. The molecule has 2 aliphatic rings. The lowest BCUT2D eigenvalue weighted by Gasteiger charge is -2.17. The van der Waals surface area contributed by atoms with Crippen molar-refractivity contribution < 1.29 is 5.11 Å². The summed E-state index contributed by atoms with van der Waals surface area (Å²) < 4.78 is 0. The summed E-state index contributed by atoms with van der Waals surface area (Å²) in [5.41, 5.74) is 5.48. The fraction of sp³-hybridized carbons (Fsp3) is 0.0588. The van der Waals surface area contributed by atoms with E-state index in [9.17, 15) is 5.11 Å². The molecule has 0 unspecified atom stereocenters. The van der Waals surface area contributed by atoms with Gasteiger partial charge in [-0.3, -0.25) is 0 Å². The summed E-state index contributed by atoms with van der Waals surface area (Å²) in [5.74, 6) is 0.351. The van der Waals surface area contributed by atoms with E-state index in [4.69, 9.17) is 0 Å². The van der Waals surface area contributed by atoms with Crippen LogP contribution in [0.3, 0.4) is 0 Å². The van der Waals surface area contributed by atoms with E-state index in [0.717, 1.165) is 23.1 Å². The number of hydrogen-bond donors (Lipinski definition) is 1. The predicted octanol–water partition coefficient (Wildman–Crippen LogP) is 4.03. The van der Waals surface area contributed by atoms with Crippen LogP contribution < -0.4 is 0 Å². The number of fused-ring (bicyclic) bond motifs is 1. The van der Waals surface area contributed by atoms with Gasteiger partial charge in [-0.15, -0.1) is 0 Å². The van der Waals surface area contributed by atoms with Gasteiger partial charge in [-0.25, -0.2) is 0 Å². The van der Waals surface area contributed by atoms with Crippen LogP contribution in [0.4, 0.5) is 0 Å². The van der Waals surface area contributed by atoms with Crippen molar-refractivity contribution in [1.29, 1.82) is 0 Å². The maximum absolute atomic E-state index is 9.90. The summed E-state index contributed by atoms with van der Waals surface area (Å²) in [6.45, 7) is 3.97. The van der Waals surface area contributed by atoms with E-state index in [1.807, 2.05) is 30.4 Å². The van der Waals surface area contributed by atoms with Gasteiger partial charge in [0.25, 0.3) is 0 Å². The Morgan fingerprint density at radius 1 is 1.00 bits per heavy atom. The van der Waals surface area contributed by atoms with Crippen molar-refractivity contribution in [2.75, 3.05) is 0 Å². The van der Waals surface area contributed by atoms with Gasteiger partial charge in [0.2, 0.25) is 0 Å². The lowest BCUT2D eigenvalue weighted by atomic mass is 9.88. The summed E-state index contributed by atoms with van der Waals surface area (Å²) in [7, 11) is 0. The molecular formula is C17H14O. The van der Waals surface area contributed by atoms with Gasteiger partial charge in [-0.1, -0.05) is 55.2 Å². The summed E-state index contributed by atoms with van der Waals surface area (Å²) in [5, 5.41) is 9.90. The van der Waals surface area contributed by atoms with Crippen LogP contribution in [0.25, 0.3) is 12.2 Å². The third-order valence-electron chi connectivity index (χ3n) is 3.31. The largest absolute Gasteiger partial charge is 0.507 e. The second-order valence-electron chi connectivity index (χ2n) is 4.59. The van der Waals surface area contributed by atoms with E-state index in [1.54, 1.807) is 6.07 Å². The van der Waals surface area contributed by atoms with Crippen molar-refractivity contribution in [3.05, 3.63) is 76.9 Å². The molecule has 1 heteroatoms. The van der Waals surface area contributed by atoms with Crippen molar-refractivity contribution in [1.82, 2.24) is 0 Å². The minimum atomic E-state index is 0.351. The second-order valence-corrected chi connectivity index (χ2v) is 4.59. The van der Waals surface area contributed by atoms with Crippen molar-refractivity contribution in [2.45, 2.75) is 6.42 Å². The molecule has 0 radical (unpaired) electrons. The quantitative estimate of drug-likeness (QED) is 0.718. The van der Waals surface area contributed by atoms with Crippen LogP contribution in [0.2, 0.25) is 0 Å². The molecule has 0 aliphatic heterocycles. The molecule has 0 amide bonds. The lowest BCUT2D eigenvalue weighted by Crippen LogP contribution is -2.01. The minimum absolute atomic E-state index is 0.351. The summed E-state index contributed by atoms with van der Waals surface area (Å²) in [6.07, 6.45) is 15.1. The van der Waals surface area contributed by atoms with Crippen LogP contribution in [0.1, 0.15) is 16.7 Å². The summed E-state index contributed by atoms with van der Waals surface area (Å²) in [6, 6.07) is 3.71. The molecule has 1 aromatic rings. The number of rotatable bonds is 0. The maximum atomic E-state index is 9.90. The average Bonchev–Trinajstić information content (AvgIpc) is 2.38. The fourth-order valence-electron chi connectivity index (χ4n) is 2.32. The third-order valence-corrected chi connectivity index (χ3v) is 3.31. The molecule has 2 aliphatic carbocycles. The Morgan fingerprint density at radius 3 is 2.78 bits per heavy atom. The standard InChI is InChI=1S/C17H14O/c1-12-3-2-4-13-6-9-15-16(11-13)14(7-5-12)8-10-17(15)18/h2-10,18H,1,11H2. The number of allylic oxidation sites excluding steroid dienone is 7. The highest BCUT2D eigenvalue weighted by atomic mass is 16.3. The Hall–Kier alpha value is -2.28. The Kier molecular flexibility index (Phi) is 2.52. The van der Waals surface area contributed by atoms with Crippen LogP contribution in [-0.2, 0) is 6.42 Å². The molecule has 3 rings (SSSR count). The van der Waals surface area contributed by atoms with Gasteiger partial charge in [0, 0.05) is 5.56 Å². The van der Waals surface area contributed by atoms with Gasteiger partial charge < -0.3 is 5.11 Å². The van der Waals surface area contributed by atoms with Crippen LogP contribution in [0.5, 0.6) is 5.75 Å². The molecule has 0 aromatic heterocycles. The van der Waals surface area contributed by atoms with E-state index >= 15 is 0 Å². The molecule has 1 aromatic carbocycles. The monoisotopic (exact) mass is 234 g/mol. The number of benzene rings is 1. The molecule has 0 spiro atoms. The van der Waals surface area contributed by atoms with Gasteiger partial charge in [-0.05, 0) is 34.8 Å². The molecule has 88 valence electrons. The Labute approximate surface area is 107 Å². The molecule has 0 atom stereocenters. The minimum Gasteiger partial charge on any atom is -0.507 e. The highest BCUT2D eigenvalue weighted by Gasteiger charge is 2.14. The SMILES string of the molecule is C=C1C=CC=C2C=Cc3c(O)ccc(c3C2)C=C1. The average molecular weight is 234 g/mol. The Morgan fingerprint density at radius 2 is 1.89 bits per heavy atom. The molecule has 2 bridgehead atoms. The zero-order chi connectivity index (χ0) is 12.5. The molecule has 0 heterocycles. The number of aromatic hydroxyl groups is 1. The molecule has 0 fully saturated rings. The van der Waals surface area contributed by atoms with Crippen molar-refractivity contribution in [3.8, 4) is 5.75 Å². The van der Waals surface area contributed by atoms with Gasteiger partial charge >= 0.3 is 0 Å². The second kappa shape index (κ2) is 4.19. The van der Waals surface area contributed by atoms with Gasteiger partial charge in [0.05, 0.1) is 0 Å². The highest BCUT2D eigenvalue weighted by Crippen LogP contribution is 2.33. The van der Waals surface area contributed by atoms with E-state index in [1.165, 1.54) is 11.1 Å². The van der Waals surface area contributed by atoms with Crippen LogP contribution in [0.15, 0.2) is 60.2 Å². The first-order valence-corrected chi connectivity index (χ1v) is 6.01. The molecule has 0 saturated carbocycles. The van der Waals surface area contributed by atoms with Gasteiger partial charge in [0.1, 0.15) is 5.75 Å². The van der Waals surface area contributed by atoms with Crippen LogP contribution in [-0.4, -0.2) is 5.11 Å². The highest BCUT2D eigenvalue weighted by molar-refractivity contribution is 5.73. The molecular weight excluding hydrogens is 220 g/mol. The first-order chi connectivity index (χ1) is 8.74. The van der Waals surface area contributed by atoms with Crippen molar-refractivity contribution in [3.63, 3.8) is 0 Å². The fourth-order valence-corrected chi connectivity index (χ4v) is 2.32. The Bertz CT molecular complexity index is 640. The molecule has 18 heavy (non-hydrogen) atoms.